The highest BCUT2D eigenvalue weighted by Gasteiger charge is 2.08. The highest BCUT2D eigenvalue weighted by Crippen LogP contribution is 2.22. The summed E-state index contributed by atoms with van der Waals surface area (Å²) in [4.78, 5) is 5.08. The molecule has 0 spiro atoms. The number of hydrogen-bond donors (Lipinski definition) is 1. The third kappa shape index (κ3) is 0.717. The topological polar surface area (TPSA) is 45.1 Å². The Morgan fingerprint density at radius 1 is 1.50 bits per heavy atom. The SMILES string of the molecule is COn1ccc2c1c(N)cn2C. The molecule has 0 aliphatic rings. The first-order chi connectivity index (χ1) is 5.74. The van der Waals surface area contributed by atoms with E-state index in [9.17, 15) is 0 Å². The molecule has 64 valence electrons. The van der Waals surface area contributed by atoms with Crippen LogP contribution in [0, 0.1) is 0 Å². The predicted octanol–water partition coefficient (Wildman–Crippen LogP) is 0.620. The van der Waals surface area contributed by atoms with E-state index < -0.39 is 0 Å². The summed E-state index contributed by atoms with van der Waals surface area (Å²) in [7, 11) is 3.57. The first-order valence-corrected chi connectivity index (χ1v) is 3.70. The number of nitrogen functional groups attached to an aromatic ring is 1. The van der Waals surface area contributed by atoms with Crippen LogP contribution in [-0.4, -0.2) is 16.4 Å². The fourth-order valence-electron chi connectivity index (χ4n) is 1.46. The molecule has 0 unspecified atom stereocenters. The summed E-state index contributed by atoms with van der Waals surface area (Å²) in [5, 5.41) is 0. The summed E-state index contributed by atoms with van der Waals surface area (Å²) in [6, 6.07) is 1.97. The predicted molar refractivity (Wildman–Crippen MR) is 47.8 cm³/mol. The molecule has 0 atom stereocenters. The Bertz CT molecular complexity index is 413. The van der Waals surface area contributed by atoms with Crippen molar-refractivity contribution < 1.29 is 4.84 Å². The number of rotatable bonds is 1. The molecule has 0 saturated heterocycles. The summed E-state index contributed by atoms with van der Waals surface area (Å²) >= 11 is 0. The van der Waals surface area contributed by atoms with Crippen molar-refractivity contribution in [1.29, 1.82) is 0 Å². The number of aromatic nitrogens is 2. The van der Waals surface area contributed by atoms with Gasteiger partial charge in [-0.1, -0.05) is 0 Å². The molecule has 0 aromatic carbocycles. The van der Waals surface area contributed by atoms with Crippen molar-refractivity contribution in [1.82, 2.24) is 9.30 Å². The lowest BCUT2D eigenvalue weighted by atomic mass is 10.4. The largest absolute Gasteiger partial charge is 0.417 e. The van der Waals surface area contributed by atoms with Gasteiger partial charge in [0.1, 0.15) is 12.6 Å². The average molecular weight is 165 g/mol. The Morgan fingerprint density at radius 3 is 2.92 bits per heavy atom. The number of nitrogens with zero attached hydrogens (tertiary/aromatic N) is 2. The fraction of sp³-hybridized carbons (Fsp3) is 0.250. The second-order valence-electron chi connectivity index (χ2n) is 2.75. The van der Waals surface area contributed by atoms with Crippen LogP contribution in [0.5, 0.6) is 0 Å². The lowest BCUT2D eigenvalue weighted by Gasteiger charge is -1.99. The molecule has 4 nitrogen and oxygen atoms in total. The lowest BCUT2D eigenvalue weighted by Crippen LogP contribution is -2.03. The normalized spacial score (nSPS) is 10.8. The van der Waals surface area contributed by atoms with Gasteiger partial charge >= 0.3 is 0 Å². The van der Waals surface area contributed by atoms with Crippen molar-refractivity contribution in [3.8, 4) is 0 Å². The molecular weight excluding hydrogens is 154 g/mol. The van der Waals surface area contributed by atoms with Crippen molar-refractivity contribution in [2.45, 2.75) is 0 Å². The summed E-state index contributed by atoms with van der Waals surface area (Å²) in [5.41, 5.74) is 8.52. The van der Waals surface area contributed by atoms with Crippen LogP contribution in [0.4, 0.5) is 5.69 Å². The molecule has 0 aliphatic heterocycles. The van der Waals surface area contributed by atoms with E-state index in [4.69, 9.17) is 10.6 Å². The zero-order valence-corrected chi connectivity index (χ0v) is 7.11. The van der Waals surface area contributed by atoms with Gasteiger partial charge in [0.25, 0.3) is 0 Å². The van der Waals surface area contributed by atoms with Gasteiger partial charge in [-0.15, -0.1) is 0 Å². The second kappa shape index (κ2) is 2.20. The Hall–Kier alpha value is -1.58. The standard InChI is InChI=1S/C8H11N3O/c1-10-5-6(9)8-7(10)3-4-11(8)12-2/h3-5H,9H2,1-2H3. The molecule has 4 heteroatoms. The van der Waals surface area contributed by atoms with E-state index in [-0.39, 0.29) is 0 Å². The highest BCUT2D eigenvalue weighted by atomic mass is 16.6. The van der Waals surface area contributed by atoms with Crippen LogP contribution in [0.15, 0.2) is 18.5 Å². The molecule has 0 radical (unpaired) electrons. The van der Waals surface area contributed by atoms with E-state index >= 15 is 0 Å². The van der Waals surface area contributed by atoms with E-state index in [2.05, 4.69) is 0 Å². The summed E-state index contributed by atoms with van der Waals surface area (Å²) in [5.74, 6) is 0. The average Bonchev–Trinajstić information content (AvgIpc) is 2.55. The molecular formula is C8H11N3O. The minimum absolute atomic E-state index is 0.736. The molecule has 2 N–H and O–H groups in total. The molecule has 0 bridgehead atoms. The Labute approximate surface area is 70.1 Å². The molecule has 0 fully saturated rings. The number of nitrogens with two attached hydrogens (primary N) is 1. The number of anilines is 1. The Balaban J connectivity index is 2.84. The van der Waals surface area contributed by atoms with Gasteiger partial charge in [0.15, 0.2) is 0 Å². The first-order valence-electron chi connectivity index (χ1n) is 3.70. The van der Waals surface area contributed by atoms with Gasteiger partial charge in [0.05, 0.1) is 11.2 Å². The second-order valence-corrected chi connectivity index (χ2v) is 2.75. The molecule has 2 aromatic rings. The number of aryl methyl sites for hydroxylation is 1. The maximum atomic E-state index is 5.78. The van der Waals surface area contributed by atoms with Crippen molar-refractivity contribution in [3.05, 3.63) is 18.5 Å². The van der Waals surface area contributed by atoms with Gasteiger partial charge in [0, 0.05) is 19.4 Å². The van der Waals surface area contributed by atoms with Crippen LogP contribution in [0.1, 0.15) is 0 Å². The number of hydrogen-bond acceptors (Lipinski definition) is 2. The van der Waals surface area contributed by atoms with Crippen molar-refractivity contribution in [3.63, 3.8) is 0 Å². The quantitative estimate of drug-likeness (QED) is 0.673. The first kappa shape index (κ1) is 7.09. The Kier molecular flexibility index (Phi) is 1.30. The minimum atomic E-state index is 0.736. The summed E-state index contributed by atoms with van der Waals surface area (Å²) in [6.45, 7) is 0. The summed E-state index contributed by atoms with van der Waals surface area (Å²) < 4.78 is 3.63. The third-order valence-electron chi connectivity index (χ3n) is 2.01. The molecule has 0 saturated carbocycles. The number of fused-ring (bicyclic) bond motifs is 1. The minimum Gasteiger partial charge on any atom is -0.417 e. The van der Waals surface area contributed by atoms with Crippen LogP contribution in [0.3, 0.4) is 0 Å². The van der Waals surface area contributed by atoms with Crippen LogP contribution in [0.2, 0.25) is 0 Å². The third-order valence-corrected chi connectivity index (χ3v) is 2.01. The van der Waals surface area contributed by atoms with Gasteiger partial charge < -0.3 is 15.1 Å². The maximum Gasteiger partial charge on any atom is 0.127 e. The molecule has 0 aliphatic carbocycles. The van der Waals surface area contributed by atoms with Crippen LogP contribution in [0.25, 0.3) is 11.0 Å². The van der Waals surface area contributed by atoms with Crippen molar-refractivity contribution in [2.24, 2.45) is 7.05 Å². The smallest absolute Gasteiger partial charge is 0.127 e. The van der Waals surface area contributed by atoms with Gasteiger partial charge in [-0.05, 0) is 6.07 Å². The summed E-state index contributed by atoms with van der Waals surface area (Å²) in [6.07, 6.45) is 3.72. The fourth-order valence-corrected chi connectivity index (χ4v) is 1.46. The van der Waals surface area contributed by atoms with Crippen LogP contribution in [-0.2, 0) is 7.05 Å². The van der Waals surface area contributed by atoms with E-state index in [0.29, 0.717) is 0 Å². The molecule has 12 heavy (non-hydrogen) atoms. The van der Waals surface area contributed by atoms with Crippen LogP contribution < -0.4 is 10.6 Å². The van der Waals surface area contributed by atoms with E-state index in [1.54, 1.807) is 11.8 Å². The van der Waals surface area contributed by atoms with Gasteiger partial charge in [-0.3, -0.25) is 0 Å². The van der Waals surface area contributed by atoms with E-state index in [0.717, 1.165) is 16.7 Å². The van der Waals surface area contributed by atoms with Gasteiger partial charge in [-0.25, -0.2) is 0 Å². The monoisotopic (exact) mass is 165 g/mol. The van der Waals surface area contributed by atoms with Crippen molar-refractivity contribution in [2.75, 3.05) is 12.8 Å². The van der Waals surface area contributed by atoms with Crippen molar-refractivity contribution >= 4 is 16.7 Å². The maximum absolute atomic E-state index is 5.78. The molecule has 2 aromatic heterocycles. The zero-order chi connectivity index (χ0) is 8.72. The molecule has 0 amide bonds. The zero-order valence-electron chi connectivity index (χ0n) is 7.11. The van der Waals surface area contributed by atoms with Gasteiger partial charge in [0.2, 0.25) is 0 Å². The molecule has 2 rings (SSSR count). The van der Waals surface area contributed by atoms with E-state index in [1.165, 1.54) is 0 Å². The Morgan fingerprint density at radius 2 is 2.25 bits per heavy atom. The van der Waals surface area contributed by atoms with Gasteiger partial charge in [-0.2, -0.15) is 4.73 Å². The van der Waals surface area contributed by atoms with Crippen LogP contribution >= 0.6 is 0 Å². The lowest BCUT2D eigenvalue weighted by molar-refractivity contribution is 0.179. The molecule has 2 heterocycles. The van der Waals surface area contributed by atoms with E-state index in [1.807, 2.05) is 30.1 Å². The highest BCUT2D eigenvalue weighted by molar-refractivity contribution is 5.89.